The third-order valence-electron chi connectivity index (χ3n) is 6.19. The fraction of sp³-hybridized carbons (Fsp3) is 0.409. The van der Waals surface area contributed by atoms with Gasteiger partial charge in [0.15, 0.2) is 19.7 Å². The first-order valence-electron chi connectivity index (χ1n) is 9.94. The molecule has 0 N–H and O–H groups in total. The van der Waals surface area contributed by atoms with Crippen molar-refractivity contribution in [3.8, 4) is 0 Å². The highest BCUT2D eigenvalue weighted by atomic mass is 35.5. The van der Waals surface area contributed by atoms with Gasteiger partial charge in [-0.05, 0) is 81.0 Å². The molecule has 0 saturated heterocycles. The van der Waals surface area contributed by atoms with Gasteiger partial charge in [-0.25, -0.2) is 25.6 Å². The Kier molecular flexibility index (Phi) is 6.85. The van der Waals surface area contributed by atoms with Crippen LogP contribution in [0.15, 0.2) is 47.4 Å². The third-order valence-corrected chi connectivity index (χ3v) is 10.6. The zero-order valence-corrected chi connectivity index (χ0v) is 19.9. The van der Waals surface area contributed by atoms with Crippen LogP contribution < -0.4 is 0 Å². The van der Waals surface area contributed by atoms with Gasteiger partial charge in [-0.1, -0.05) is 11.6 Å². The lowest BCUT2D eigenvalue weighted by molar-refractivity contribution is -0.117. The fourth-order valence-electron chi connectivity index (χ4n) is 4.76. The zero-order chi connectivity index (χ0) is 23.9. The molecule has 1 fully saturated rings. The molecule has 0 aliphatic heterocycles. The summed E-state index contributed by atoms with van der Waals surface area (Å²) in [7, 11) is -7.96. The summed E-state index contributed by atoms with van der Waals surface area (Å²) in [5.41, 5.74) is -0.301. The molecular weight excluding hydrogens is 482 g/mol. The fourth-order valence-corrected chi connectivity index (χ4v) is 8.63. The molecular formula is C22H23ClF2O5S2. The first-order chi connectivity index (χ1) is 14.8. The summed E-state index contributed by atoms with van der Waals surface area (Å²) in [6, 6.07) is 8.06. The van der Waals surface area contributed by atoms with E-state index in [-0.39, 0.29) is 36.1 Å². The van der Waals surface area contributed by atoms with E-state index in [9.17, 15) is 30.4 Å². The monoisotopic (exact) mass is 504 g/mol. The van der Waals surface area contributed by atoms with Gasteiger partial charge in [0.05, 0.1) is 4.90 Å². The molecule has 1 saturated carbocycles. The number of rotatable bonds is 6. The van der Waals surface area contributed by atoms with Crippen molar-refractivity contribution in [3.63, 3.8) is 0 Å². The molecule has 0 spiro atoms. The number of hydrogen-bond donors (Lipinski definition) is 0. The van der Waals surface area contributed by atoms with Crippen LogP contribution in [0.5, 0.6) is 0 Å². The summed E-state index contributed by atoms with van der Waals surface area (Å²) < 4.78 is 79.1. The van der Waals surface area contributed by atoms with Crippen LogP contribution in [-0.4, -0.2) is 34.1 Å². The van der Waals surface area contributed by atoms with Crippen molar-refractivity contribution in [2.45, 2.75) is 47.5 Å². The lowest BCUT2D eigenvalue weighted by Crippen LogP contribution is -2.45. The molecule has 2 aromatic rings. The Balaban J connectivity index is 2.14. The van der Waals surface area contributed by atoms with Crippen molar-refractivity contribution < 1.29 is 30.4 Å². The third kappa shape index (κ3) is 4.47. The van der Waals surface area contributed by atoms with Crippen LogP contribution in [0.2, 0.25) is 5.02 Å². The number of ketones is 1. The van der Waals surface area contributed by atoms with Gasteiger partial charge in [0.1, 0.15) is 27.4 Å². The molecule has 10 heteroatoms. The van der Waals surface area contributed by atoms with Crippen molar-refractivity contribution in [3.05, 3.63) is 64.7 Å². The number of hydrogen-bond acceptors (Lipinski definition) is 5. The maximum absolute atomic E-state index is 14.9. The lowest BCUT2D eigenvalue weighted by Gasteiger charge is -2.41. The Morgan fingerprint density at radius 1 is 1.03 bits per heavy atom. The summed E-state index contributed by atoms with van der Waals surface area (Å²) in [6.07, 6.45) is 0.725. The van der Waals surface area contributed by atoms with E-state index in [0.717, 1.165) is 24.5 Å². The van der Waals surface area contributed by atoms with Crippen LogP contribution in [0.25, 0.3) is 0 Å². The van der Waals surface area contributed by atoms with Crippen molar-refractivity contribution in [1.29, 1.82) is 0 Å². The molecule has 1 aliphatic rings. The minimum Gasteiger partial charge on any atom is -0.299 e. The first-order valence-corrected chi connectivity index (χ1v) is 13.8. The predicted molar refractivity (Wildman–Crippen MR) is 118 cm³/mol. The molecule has 174 valence electrons. The topological polar surface area (TPSA) is 85.3 Å². The number of benzene rings is 2. The molecule has 0 heterocycles. The molecule has 2 aromatic carbocycles. The highest BCUT2D eigenvalue weighted by molar-refractivity contribution is 7.92. The van der Waals surface area contributed by atoms with E-state index in [1.807, 2.05) is 0 Å². The van der Waals surface area contributed by atoms with Gasteiger partial charge in [-0.15, -0.1) is 0 Å². The van der Waals surface area contributed by atoms with Gasteiger partial charge >= 0.3 is 0 Å². The maximum atomic E-state index is 14.9. The average molecular weight is 505 g/mol. The standard InChI is InChI=1S/C22H23ClF2O5S2/c1-14(26)21(31(2,27)28)15-9-11-22(12-10-15,19-13-17(24)5-8-20(19)25)32(29,30)18-6-3-16(23)4-7-18/h3-8,13,15,21H,9-12H2,1-2H3. The van der Waals surface area contributed by atoms with Gasteiger partial charge < -0.3 is 0 Å². The highest BCUT2D eigenvalue weighted by Crippen LogP contribution is 2.50. The molecule has 1 aliphatic carbocycles. The molecule has 0 bridgehead atoms. The summed E-state index contributed by atoms with van der Waals surface area (Å²) in [4.78, 5) is 11.9. The van der Waals surface area contributed by atoms with Gasteiger partial charge in [-0.2, -0.15) is 0 Å². The van der Waals surface area contributed by atoms with Crippen LogP contribution in [0.1, 0.15) is 38.2 Å². The van der Waals surface area contributed by atoms with E-state index in [4.69, 9.17) is 11.6 Å². The Labute approximate surface area is 191 Å². The second kappa shape index (κ2) is 8.83. The molecule has 0 radical (unpaired) electrons. The smallest absolute Gasteiger partial charge is 0.188 e. The molecule has 0 amide bonds. The predicted octanol–water partition coefficient (Wildman–Crippen LogP) is 4.48. The molecule has 5 nitrogen and oxygen atoms in total. The molecule has 1 atom stereocenters. The molecule has 1 unspecified atom stereocenters. The van der Waals surface area contributed by atoms with Gasteiger partial charge in [0.25, 0.3) is 0 Å². The maximum Gasteiger partial charge on any atom is 0.188 e. The Morgan fingerprint density at radius 2 is 1.59 bits per heavy atom. The van der Waals surface area contributed by atoms with E-state index in [1.165, 1.54) is 31.2 Å². The molecule has 32 heavy (non-hydrogen) atoms. The van der Waals surface area contributed by atoms with Crippen LogP contribution in [0, 0.1) is 17.6 Å². The minimum atomic E-state index is -4.24. The van der Waals surface area contributed by atoms with Crippen molar-refractivity contribution in [2.75, 3.05) is 6.26 Å². The van der Waals surface area contributed by atoms with Crippen LogP contribution in [0.4, 0.5) is 8.78 Å². The number of Topliss-reactive ketones (excluding diaryl/α,β-unsaturated/α-hetero) is 1. The number of carbonyl (C=O) groups is 1. The SMILES string of the molecule is CC(=O)C(C1CCC(c2cc(F)ccc2F)(S(=O)(=O)c2ccc(Cl)cc2)CC1)S(C)(=O)=O. The van der Waals surface area contributed by atoms with E-state index in [0.29, 0.717) is 5.02 Å². The number of carbonyl (C=O) groups excluding carboxylic acids is 1. The Morgan fingerprint density at radius 3 is 2.09 bits per heavy atom. The van der Waals surface area contributed by atoms with Crippen LogP contribution in [0.3, 0.4) is 0 Å². The summed E-state index contributed by atoms with van der Waals surface area (Å²) in [5, 5.41) is -0.952. The van der Waals surface area contributed by atoms with Gasteiger partial charge in [0.2, 0.25) is 0 Å². The number of halogens is 3. The quantitative estimate of drug-likeness (QED) is 0.579. The highest BCUT2D eigenvalue weighted by Gasteiger charge is 2.52. The molecule has 3 rings (SSSR count). The van der Waals surface area contributed by atoms with E-state index < -0.39 is 53.0 Å². The van der Waals surface area contributed by atoms with Crippen molar-refractivity contribution in [1.82, 2.24) is 0 Å². The van der Waals surface area contributed by atoms with E-state index in [1.54, 1.807) is 0 Å². The normalized spacial score (nSPS) is 23.0. The van der Waals surface area contributed by atoms with E-state index >= 15 is 0 Å². The molecule has 0 aromatic heterocycles. The van der Waals surface area contributed by atoms with Gasteiger partial charge in [0, 0.05) is 16.8 Å². The van der Waals surface area contributed by atoms with Crippen LogP contribution in [-0.2, 0) is 29.2 Å². The summed E-state index contributed by atoms with van der Waals surface area (Å²) in [5.74, 6) is -2.80. The Hall–Kier alpha value is -1.84. The zero-order valence-electron chi connectivity index (χ0n) is 17.5. The largest absolute Gasteiger partial charge is 0.299 e. The summed E-state index contributed by atoms with van der Waals surface area (Å²) in [6.45, 7) is 1.18. The van der Waals surface area contributed by atoms with Crippen molar-refractivity contribution in [2.24, 2.45) is 5.92 Å². The van der Waals surface area contributed by atoms with Gasteiger partial charge in [-0.3, -0.25) is 4.79 Å². The second-order valence-electron chi connectivity index (χ2n) is 8.27. The average Bonchev–Trinajstić information content (AvgIpc) is 2.69. The number of sulfone groups is 2. The first kappa shape index (κ1) is 24.8. The Bertz CT molecular complexity index is 1230. The summed E-state index contributed by atoms with van der Waals surface area (Å²) >= 11 is 5.88. The second-order valence-corrected chi connectivity index (χ2v) is 13.1. The van der Waals surface area contributed by atoms with Crippen LogP contribution >= 0.6 is 11.6 Å². The van der Waals surface area contributed by atoms with Crippen molar-refractivity contribution >= 4 is 37.1 Å². The van der Waals surface area contributed by atoms with E-state index in [2.05, 4.69) is 0 Å². The lowest BCUT2D eigenvalue weighted by atomic mass is 9.76. The minimum absolute atomic E-state index is 0.0418.